The summed E-state index contributed by atoms with van der Waals surface area (Å²) >= 11 is 0. The standard InChI is InChI=1S/C15H18N4O2/c1-2-3-9-18(12-7-5-4-6-8-12)15-11-13(19(20)21)10-14(16)17-15/h4-8,10-11H,2-3,9H2,1H3,(H2,16,17). The summed E-state index contributed by atoms with van der Waals surface area (Å²) < 4.78 is 0. The lowest BCUT2D eigenvalue weighted by atomic mass is 10.2. The third-order valence-corrected chi connectivity index (χ3v) is 3.11. The topological polar surface area (TPSA) is 85.3 Å². The third-order valence-electron chi connectivity index (χ3n) is 3.11. The van der Waals surface area contributed by atoms with E-state index in [4.69, 9.17) is 5.73 Å². The van der Waals surface area contributed by atoms with E-state index < -0.39 is 4.92 Å². The van der Waals surface area contributed by atoms with Gasteiger partial charge < -0.3 is 10.6 Å². The van der Waals surface area contributed by atoms with Crippen LogP contribution in [0.15, 0.2) is 42.5 Å². The quantitative estimate of drug-likeness (QED) is 0.648. The van der Waals surface area contributed by atoms with Crippen molar-refractivity contribution in [3.63, 3.8) is 0 Å². The maximum atomic E-state index is 11.0. The van der Waals surface area contributed by atoms with Crippen LogP contribution in [0.5, 0.6) is 0 Å². The van der Waals surface area contributed by atoms with Gasteiger partial charge in [-0.15, -0.1) is 0 Å². The van der Waals surface area contributed by atoms with Crippen molar-refractivity contribution >= 4 is 23.0 Å². The number of hydrogen-bond acceptors (Lipinski definition) is 5. The van der Waals surface area contributed by atoms with Crippen LogP contribution in [0.3, 0.4) is 0 Å². The number of nitro groups is 1. The van der Waals surface area contributed by atoms with E-state index in [1.54, 1.807) is 0 Å². The Hall–Kier alpha value is -2.63. The van der Waals surface area contributed by atoms with E-state index in [0.29, 0.717) is 5.82 Å². The first kappa shape index (κ1) is 14.8. The van der Waals surface area contributed by atoms with Crippen molar-refractivity contribution in [1.29, 1.82) is 0 Å². The second-order valence-electron chi connectivity index (χ2n) is 4.71. The number of aromatic nitrogens is 1. The molecule has 0 fully saturated rings. The number of nitrogens with two attached hydrogens (primary N) is 1. The molecule has 0 atom stereocenters. The number of rotatable bonds is 6. The smallest absolute Gasteiger partial charge is 0.276 e. The molecule has 0 amide bonds. The van der Waals surface area contributed by atoms with Gasteiger partial charge in [-0.3, -0.25) is 10.1 Å². The number of nitrogens with zero attached hydrogens (tertiary/aromatic N) is 3. The van der Waals surface area contributed by atoms with Crippen LogP contribution in [-0.4, -0.2) is 16.5 Å². The highest BCUT2D eigenvalue weighted by atomic mass is 16.6. The van der Waals surface area contributed by atoms with E-state index in [-0.39, 0.29) is 11.5 Å². The van der Waals surface area contributed by atoms with Gasteiger partial charge in [-0.25, -0.2) is 4.98 Å². The molecule has 0 aliphatic heterocycles. The van der Waals surface area contributed by atoms with Crippen LogP contribution in [0, 0.1) is 10.1 Å². The Labute approximate surface area is 123 Å². The Kier molecular flexibility index (Phi) is 4.71. The van der Waals surface area contributed by atoms with Gasteiger partial charge in [0.25, 0.3) is 5.69 Å². The summed E-state index contributed by atoms with van der Waals surface area (Å²) in [5.41, 5.74) is 6.60. The predicted octanol–water partition coefficient (Wildman–Crippen LogP) is 3.51. The Balaban J connectivity index is 2.43. The van der Waals surface area contributed by atoms with Crippen molar-refractivity contribution in [3.05, 3.63) is 52.6 Å². The fourth-order valence-electron chi connectivity index (χ4n) is 2.07. The fourth-order valence-corrected chi connectivity index (χ4v) is 2.07. The molecule has 2 N–H and O–H groups in total. The second kappa shape index (κ2) is 6.69. The van der Waals surface area contributed by atoms with Crippen LogP contribution < -0.4 is 10.6 Å². The van der Waals surface area contributed by atoms with Gasteiger partial charge >= 0.3 is 0 Å². The number of unbranched alkanes of at least 4 members (excludes halogenated alkanes) is 1. The van der Waals surface area contributed by atoms with Crippen LogP contribution in [0.2, 0.25) is 0 Å². The first-order valence-corrected chi connectivity index (χ1v) is 6.86. The minimum atomic E-state index is -0.454. The maximum Gasteiger partial charge on any atom is 0.276 e. The molecule has 1 aromatic carbocycles. The molecule has 2 aromatic rings. The highest BCUT2D eigenvalue weighted by Gasteiger charge is 2.16. The van der Waals surface area contributed by atoms with Gasteiger partial charge in [-0.05, 0) is 18.6 Å². The number of para-hydroxylation sites is 1. The van der Waals surface area contributed by atoms with Crippen LogP contribution in [0.1, 0.15) is 19.8 Å². The van der Waals surface area contributed by atoms with E-state index in [0.717, 1.165) is 25.1 Å². The fraction of sp³-hybridized carbons (Fsp3) is 0.267. The highest BCUT2D eigenvalue weighted by Crippen LogP contribution is 2.28. The number of anilines is 3. The lowest BCUT2D eigenvalue weighted by Crippen LogP contribution is -2.20. The van der Waals surface area contributed by atoms with Gasteiger partial charge in [-0.1, -0.05) is 31.5 Å². The summed E-state index contributed by atoms with van der Waals surface area (Å²) in [4.78, 5) is 16.7. The van der Waals surface area contributed by atoms with Crippen LogP contribution in [0.25, 0.3) is 0 Å². The van der Waals surface area contributed by atoms with Gasteiger partial charge in [0.15, 0.2) is 0 Å². The van der Waals surface area contributed by atoms with Crippen LogP contribution in [-0.2, 0) is 0 Å². The predicted molar refractivity (Wildman–Crippen MR) is 83.7 cm³/mol. The zero-order chi connectivity index (χ0) is 15.2. The minimum absolute atomic E-state index is 0.0464. The first-order valence-electron chi connectivity index (χ1n) is 6.86. The minimum Gasteiger partial charge on any atom is -0.383 e. The molecule has 2 rings (SSSR count). The summed E-state index contributed by atoms with van der Waals surface area (Å²) in [5, 5.41) is 11.0. The summed E-state index contributed by atoms with van der Waals surface area (Å²) in [5.74, 6) is 0.651. The maximum absolute atomic E-state index is 11.0. The zero-order valence-electron chi connectivity index (χ0n) is 11.9. The van der Waals surface area contributed by atoms with Gasteiger partial charge in [0.1, 0.15) is 11.6 Å². The van der Waals surface area contributed by atoms with Crippen LogP contribution in [0.4, 0.5) is 23.0 Å². The molecule has 110 valence electrons. The largest absolute Gasteiger partial charge is 0.383 e. The number of nitrogen functional groups attached to an aromatic ring is 1. The van der Waals surface area contributed by atoms with E-state index in [1.165, 1.54) is 12.1 Å². The van der Waals surface area contributed by atoms with Crippen LogP contribution >= 0.6 is 0 Å². The number of pyridine rings is 1. The Morgan fingerprint density at radius 1 is 1.29 bits per heavy atom. The van der Waals surface area contributed by atoms with Crippen molar-refractivity contribution < 1.29 is 4.92 Å². The lowest BCUT2D eigenvalue weighted by Gasteiger charge is -2.23. The van der Waals surface area contributed by atoms with E-state index in [1.807, 2.05) is 35.2 Å². The van der Waals surface area contributed by atoms with E-state index >= 15 is 0 Å². The Morgan fingerprint density at radius 3 is 2.62 bits per heavy atom. The average Bonchev–Trinajstić information content (AvgIpc) is 2.48. The molecule has 21 heavy (non-hydrogen) atoms. The van der Waals surface area contributed by atoms with E-state index in [2.05, 4.69) is 11.9 Å². The molecule has 1 aromatic heterocycles. The molecule has 1 heterocycles. The van der Waals surface area contributed by atoms with Crippen molar-refractivity contribution in [1.82, 2.24) is 4.98 Å². The van der Waals surface area contributed by atoms with Gasteiger partial charge in [0.05, 0.1) is 17.1 Å². The SMILES string of the molecule is CCCCN(c1ccccc1)c1cc([N+](=O)[O-])cc(N)n1. The zero-order valence-corrected chi connectivity index (χ0v) is 11.9. The molecular weight excluding hydrogens is 268 g/mol. The van der Waals surface area contributed by atoms with Gasteiger partial charge in [-0.2, -0.15) is 0 Å². The molecule has 0 saturated carbocycles. The summed E-state index contributed by atoms with van der Waals surface area (Å²) in [6, 6.07) is 12.4. The second-order valence-corrected chi connectivity index (χ2v) is 4.71. The van der Waals surface area contributed by atoms with Crippen molar-refractivity contribution in [2.75, 3.05) is 17.2 Å². The monoisotopic (exact) mass is 286 g/mol. The molecule has 0 bridgehead atoms. The van der Waals surface area contributed by atoms with Gasteiger partial charge in [0.2, 0.25) is 0 Å². The highest BCUT2D eigenvalue weighted by molar-refractivity contribution is 5.64. The molecule has 0 aliphatic carbocycles. The van der Waals surface area contributed by atoms with Crippen molar-refractivity contribution in [3.8, 4) is 0 Å². The Morgan fingerprint density at radius 2 is 2.00 bits per heavy atom. The van der Waals surface area contributed by atoms with E-state index in [9.17, 15) is 10.1 Å². The third kappa shape index (κ3) is 3.68. The molecule has 0 aliphatic rings. The lowest BCUT2D eigenvalue weighted by molar-refractivity contribution is -0.384. The molecular formula is C15H18N4O2. The summed E-state index contributed by atoms with van der Waals surface area (Å²) in [7, 11) is 0. The van der Waals surface area contributed by atoms with Gasteiger partial charge in [0, 0.05) is 12.2 Å². The average molecular weight is 286 g/mol. The van der Waals surface area contributed by atoms with Crippen molar-refractivity contribution in [2.24, 2.45) is 0 Å². The van der Waals surface area contributed by atoms with Crippen molar-refractivity contribution in [2.45, 2.75) is 19.8 Å². The normalized spacial score (nSPS) is 10.3. The molecule has 6 nitrogen and oxygen atoms in total. The molecule has 0 radical (unpaired) electrons. The Bertz CT molecular complexity index is 616. The molecule has 6 heteroatoms. The summed E-state index contributed by atoms with van der Waals surface area (Å²) in [6.07, 6.45) is 1.98. The first-order chi connectivity index (χ1) is 10.1. The number of hydrogen-bond donors (Lipinski definition) is 1. The molecule has 0 saturated heterocycles. The molecule has 0 spiro atoms. The molecule has 0 unspecified atom stereocenters. The number of benzene rings is 1. The summed E-state index contributed by atoms with van der Waals surface area (Å²) in [6.45, 7) is 2.83.